The van der Waals surface area contributed by atoms with Gasteiger partial charge in [-0.2, -0.15) is 0 Å². The molecule has 4 nitrogen and oxygen atoms in total. The van der Waals surface area contributed by atoms with Gasteiger partial charge in [0.05, 0.1) is 0 Å². The molecular formula is C21H24ClNO3. The van der Waals surface area contributed by atoms with Crippen molar-refractivity contribution in [1.29, 1.82) is 0 Å². The number of benzene rings is 2. The van der Waals surface area contributed by atoms with Gasteiger partial charge < -0.3 is 15.2 Å². The van der Waals surface area contributed by atoms with Crippen LogP contribution < -0.4 is 5.32 Å². The minimum absolute atomic E-state index is 0. The third kappa shape index (κ3) is 3.50. The van der Waals surface area contributed by atoms with E-state index in [0.29, 0.717) is 23.2 Å². The summed E-state index contributed by atoms with van der Waals surface area (Å²) in [5, 5.41) is 15.0. The fourth-order valence-electron chi connectivity index (χ4n) is 4.10. The summed E-state index contributed by atoms with van der Waals surface area (Å²) in [6, 6.07) is 18.9. The number of rotatable bonds is 4. The molecule has 2 atom stereocenters. The lowest BCUT2D eigenvalue weighted by molar-refractivity contribution is -0.169. The number of piperidine rings is 1. The van der Waals surface area contributed by atoms with Gasteiger partial charge in [0.25, 0.3) is 0 Å². The second-order valence-corrected chi connectivity index (χ2v) is 7.08. The Hall–Kier alpha value is -1.88. The van der Waals surface area contributed by atoms with Gasteiger partial charge in [-0.1, -0.05) is 60.7 Å². The summed E-state index contributed by atoms with van der Waals surface area (Å²) in [5.74, 6) is -0.587. The van der Waals surface area contributed by atoms with E-state index in [2.05, 4.69) is 5.32 Å². The van der Waals surface area contributed by atoms with Gasteiger partial charge >= 0.3 is 5.97 Å². The molecule has 0 aliphatic carbocycles. The zero-order valence-electron chi connectivity index (χ0n) is 14.5. The second-order valence-electron chi connectivity index (χ2n) is 7.08. The maximum Gasteiger partial charge on any atom is 0.347 e. The first-order valence-electron chi connectivity index (χ1n) is 8.97. The lowest BCUT2D eigenvalue weighted by atomic mass is 9.86. The van der Waals surface area contributed by atoms with E-state index >= 15 is 0 Å². The summed E-state index contributed by atoms with van der Waals surface area (Å²) in [4.78, 5) is 13.1. The highest BCUT2D eigenvalue weighted by Gasteiger charge is 2.44. The monoisotopic (exact) mass is 373 g/mol. The molecule has 0 amide bonds. The number of halogens is 1. The molecule has 2 aromatic rings. The molecule has 2 saturated heterocycles. The topological polar surface area (TPSA) is 58.6 Å². The number of hydrogen-bond acceptors (Lipinski definition) is 4. The predicted octanol–water partition coefficient (Wildman–Crippen LogP) is 3.17. The molecular weight excluding hydrogens is 350 g/mol. The van der Waals surface area contributed by atoms with Crippen LogP contribution in [0.25, 0.3) is 0 Å². The van der Waals surface area contributed by atoms with Crippen LogP contribution >= 0.6 is 12.4 Å². The highest BCUT2D eigenvalue weighted by atomic mass is 35.5. The van der Waals surface area contributed by atoms with Crippen LogP contribution in [0.15, 0.2) is 60.7 Å². The number of hydrogen-bond donors (Lipinski definition) is 2. The van der Waals surface area contributed by atoms with Crippen molar-refractivity contribution in [2.24, 2.45) is 0 Å². The highest BCUT2D eigenvalue weighted by molar-refractivity contribution is 5.86. The van der Waals surface area contributed by atoms with Gasteiger partial charge in [-0.25, -0.2) is 4.79 Å². The number of carbonyl (C=O) groups is 1. The van der Waals surface area contributed by atoms with Crippen LogP contribution in [0.5, 0.6) is 0 Å². The number of carbonyl (C=O) groups excluding carboxylic acids is 1. The SMILES string of the molecule is Cl.O=C(OC1CC2CCC(C1)N2)C(O)(c1ccccc1)c1ccccc1. The first kappa shape index (κ1) is 18.9. The minimum Gasteiger partial charge on any atom is -0.460 e. The zero-order chi connectivity index (χ0) is 17.3. The average Bonchev–Trinajstić information content (AvgIpc) is 3.00. The Morgan fingerprint density at radius 3 is 1.85 bits per heavy atom. The molecule has 2 heterocycles. The fraction of sp³-hybridized carbons (Fsp3) is 0.381. The van der Waals surface area contributed by atoms with Crippen LogP contribution in [0.4, 0.5) is 0 Å². The van der Waals surface area contributed by atoms with E-state index < -0.39 is 11.6 Å². The van der Waals surface area contributed by atoms with Gasteiger partial charge in [0.2, 0.25) is 5.60 Å². The molecule has 2 aromatic carbocycles. The Kier molecular flexibility index (Phi) is 5.66. The normalized spacial score (nSPS) is 24.6. The second kappa shape index (κ2) is 7.78. The zero-order valence-corrected chi connectivity index (χ0v) is 15.3. The van der Waals surface area contributed by atoms with Crippen molar-refractivity contribution in [2.75, 3.05) is 0 Å². The molecule has 0 saturated carbocycles. The van der Waals surface area contributed by atoms with E-state index in [0.717, 1.165) is 25.7 Å². The van der Waals surface area contributed by atoms with E-state index in [4.69, 9.17) is 4.74 Å². The molecule has 2 bridgehead atoms. The van der Waals surface area contributed by atoms with E-state index in [1.807, 2.05) is 36.4 Å². The summed E-state index contributed by atoms with van der Waals surface area (Å²) in [6.07, 6.45) is 3.79. The van der Waals surface area contributed by atoms with Crippen molar-refractivity contribution < 1.29 is 14.6 Å². The number of ether oxygens (including phenoxy) is 1. The molecule has 2 N–H and O–H groups in total. The number of aliphatic hydroxyl groups is 1. The Bertz CT molecular complexity index is 686. The predicted molar refractivity (Wildman–Crippen MR) is 102 cm³/mol. The first-order valence-corrected chi connectivity index (χ1v) is 8.97. The van der Waals surface area contributed by atoms with Crippen molar-refractivity contribution >= 4 is 18.4 Å². The average molecular weight is 374 g/mol. The Morgan fingerprint density at radius 1 is 0.923 bits per heavy atom. The van der Waals surface area contributed by atoms with Crippen LogP contribution in [-0.2, 0) is 15.1 Å². The molecule has 2 aliphatic heterocycles. The molecule has 2 aliphatic rings. The third-order valence-corrected chi connectivity index (χ3v) is 5.38. The van der Waals surface area contributed by atoms with Crippen LogP contribution in [0, 0.1) is 0 Å². The molecule has 5 heteroatoms. The van der Waals surface area contributed by atoms with E-state index in [1.54, 1.807) is 24.3 Å². The maximum atomic E-state index is 13.1. The summed E-state index contributed by atoms with van der Waals surface area (Å²) in [6.45, 7) is 0. The molecule has 0 aromatic heterocycles. The van der Waals surface area contributed by atoms with Crippen molar-refractivity contribution in [3.05, 3.63) is 71.8 Å². The third-order valence-electron chi connectivity index (χ3n) is 5.38. The van der Waals surface area contributed by atoms with Gasteiger partial charge in [-0.15, -0.1) is 12.4 Å². The quantitative estimate of drug-likeness (QED) is 0.808. The number of fused-ring (bicyclic) bond motifs is 2. The molecule has 0 spiro atoms. The van der Waals surface area contributed by atoms with Crippen LogP contribution in [-0.4, -0.2) is 29.3 Å². The van der Waals surface area contributed by atoms with Crippen LogP contribution in [0.1, 0.15) is 36.8 Å². The van der Waals surface area contributed by atoms with Gasteiger partial charge in [0.1, 0.15) is 6.10 Å². The molecule has 2 fully saturated rings. The van der Waals surface area contributed by atoms with Crippen LogP contribution in [0.2, 0.25) is 0 Å². The molecule has 4 rings (SSSR count). The largest absolute Gasteiger partial charge is 0.460 e. The summed E-state index contributed by atoms with van der Waals surface area (Å²) < 4.78 is 5.82. The van der Waals surface area contributed by atoms with Crippen LogP contribution in [0.3, 0.4) is 0 Å². The van der Waals surface area contributed by atoms with Gasteiger partial charge in [-0.05, 0) is 36.8 Å². The molecule has 138 valence electrons. The Morgan fingerprint density at radius 2 is 1.38 bits per heavy atom. The number of esters is 1. The van der Waals surface area contributed by atoms with Gasteiger partial charge in [0.15, 0.2) is 0 Å². The molecule has 2 unspecified atom stereocenters. The summed E-state index contributed by atoms with van der Waals surface area (Å²) in [5.41, 5.74) is -0.724. The summed E-state index contributed by atoms with van der Waals surface area (Å²) >= 11 is 0. The van der Waals surface area contributed by atoms with E-state index in [9.17, 15) is 9.90 Å². The Labute approximate surface area is 160 Å². The standard InChI is InChI=1S/C21H23NO3.ClH/c23-20(25-19-13-17-11-12-18(14-19)22-17)21(24,15-7-3-1-4-8-15)16-9-5-2-6-10-16;/h1-10,17-19,22,24H,11-14H2;1H. The molecule has 26 heavy (non-hydrogen) atoms. The van der Waals surface area contributed by atoms with Crippen molar-refractivity contribution in [2.45, 2.75) is 49.5 Å². The van der Waals surface area contributed by atoms with Crippen molar-refractivity contribution in [3.63, 3.8) is 0 Å². The van der Waals surface area contributed by atoms with E-state index in [1.165, 1.54) is 0 Å². The smallest absolute Gasteiger partial charge is 0.347 e. The van der Waals surface area contributed by atoms with Crippen molar-refractivity contribution in [1.82, 2.24) is 5.32 Å². The maximum absolute atomic E-state index is 13.1. The van der Waals surface area contributed by atoms with Gasteiger partial charge in [-0.3, -0.25) is 0 Å². The lowest BCUT2D eigenvalue weighted by Gasteiger charge is -2.33. The fourth-order valence-corrected chi connectivity index (χ4v) is 4.10. The number of nitrogens with one attached hydrogen (secondary N) is 1. The summed E-state index contributed by atoms with van der Waals surface area (Å²) in [7, 11) is 0. The minimum atomic E-state index is -1.79. The lowest BCUT2D eigenvalue weighted by Crippen LogP contribution is -2.46. The van der Waals surface area contributed by atoms with Crippen molar-refractivity contribution in [3.8, 4) is 0 Å². The van der Waals surface area contributed by atoms with E-state index in [-0.39, 0.29) is 18.5 Å². The highest BCUT2D eigenvalue weighted by Crippen LogP contribution is 2.34. The molecule has 0 radical (unpaired) electrons. The first-order chi connectivity index (χ1) is 12.2. The Balaban J connectivity index is 0.00000196. The van der Waals surface area contributed by atoms with Gasteiger partial charge in [0, 0.05) is 12.1 Å².